The summed E-state index contributed by atoms with van der Waals surface area (Å²) in [6.45, 7) is 2.96. The van der Waals surface area contributed by atoms with Crippen LogP contribution in [0.4, 0.5) is 0 Å². The Morgan fingerprint density at radius 1 is 1.50 bits per heavy atom. The van der Waals surface area contributed by atoms with Crippen LogP contribution in [0.1, 0.15) is 15.9 Å². The number of carbonyl (C=O) groups is 1. The highest BCUT2D eigenvalue weighted by atomic mass is 16.5. The van der Waals surface area contributed by atoms with Gasteiger partial charge in [0.1, 0.15) is 0 Å². The van der Waals surface area contributed by atoms with E-state index in [0.717, 1.165) is 5.56 Å². The molecular formula is C14H21NO3. The molecule has 0 spiro atoms. The summed E-state index contributed by atoms with van der Waals surface area (Å²) in [5, 5.41) is 9.57. The second-order valence-corrected chi connectivity index (χ2v) is 4.60. The van der Waals surface area contributed by atoms with Crippen molar-refractivity contribution in [3.63, 3.8) is 0 Å². The topological polar surface area (TPSA) is 49.8 Å². The van der Waals surface area contributed by atoms with Crippen LogP contribution < -0.4 is 0 Å². The van der Waals surface area contributed by atoms with E-state index in [1.165, 1.54) is 0 Å². The first-order chi connectivity index (χ1) is 8.52. The van der Waals surface area contributed by atoms with Crippen molar-refractivity contribution in [3.05, 3.63) is 35.4 Å². The first-order valence-corrected chi connectivity index (χ1v) is 5.98. The second-order valence-electron chi connectivity index (χ2n) is 4.60. The number of hydrogen-bond acceptors (Lipinski definition) is 4. The van der Waals surface area contributed by atoms with Crippen LogP contribution in [-0.2, 0) is 4.74 Å². The SMILES string of the molecule is COCC(O)CN(C)CC(=O)c1cccc(C)c1. The van der Waals surface area contributed by atoms with E-state index in [1.807, 2.05) is 38.2 Å². The highest BCUT2D eigenvalue weighted by molar-refractivity contribution is 5.97. The summed E-state index contributed by atoms with van der Waals surface area (Å²) >= 11 is 0. The number of carbonyl (C=O) groups excluding carboxylic acids is 1. The minimum Gasteiger partial charge on any atom is -0.389 e. The van der Waals surface area contributed by atoms with E-state index >= 15 is 0 Å². The minimum absolute atomic E-state index is 0.0609. The summed E-state index contributed by atoms with van der Waals surface area (Å²) in [6.07, 6.45) is -0.565. The van der Waals surface area contributed by atoms with Crippen LogP contribution in [0.5, 0.6) is 0 Å². The lowest BCUT2D eigenvalue weighted by molar-refractivity contribution is 0.0427. The van der Waals surface area contributed by atoms with Crippen molar-refractivity contribution in [1.82, 2.24) is 4.90 Å². The van der Waals surface area contributed by atoms with Crippen LogP contribution in [0.15, 0.2) is 24.3 Å². The van der Waals surface area contributed by atoms with E-state index in [9.17, 15) is 9.90 Å². The van der Waals surface area contributed by atoms with Gasteiger partial charge < -0.3 is 9.84 Å². The summed E-state index contributed by atoms with van der Waals surface area (Å²) in [5.41, 5.74) is 1.78. The Bertz CT molecular complexity index is 392. The number of methoxy groups -OCH3 is 1. The van der Waals surface area contributed by atoms with E-state index < -0.39 is 6.10 Å². The molecule has 1 N–H and O–H groups in total. The smallest absolute Gasteiger partial charge is 0.176 e. The Morgan fingerprint density at radius 3 is 2.83 bits per heavy atom. The van der Waals surface area contributed by atoms with Gasteiger partial charge in [0.05, 0.1) is 19.3 Å². The van der Waals surface area contributed by atoms with E-state index in [4.69, 9.17) is 4.74 Å². The lowest BCUT2D eigenvalue weighted by Gasteiger charge is -2.19. The van der Waals surface area contributed by atoms with Crippen molar-refractivity contribution in [2.45, 2.75) is 13.0 Å². The van der Waals surface area contributed by atoms with Crippen molar-refractivity contribution in [3.8, 4) is 0 Å². The fraction of sp³-hybridized carbons (Fsp3) is 0.500. The molecule has 0 fully saturated rings. The number of likely N-dealkylation sites (N-methyl/N-ethyl adjacent to an activating group) is 1. The Morgan fingerprint density at radius 2 is 2.22 bits per heavy atom. The molecule has 1 atom stereocenters. The molecule has 0 amide bonds. The molecule has 0 heterocycles. The van der Waals surface area contributed by atoms with Gasteiger partial charge in [0, 0.05) is 19.2 Å². The van der Waals surface area contributed by atoms with E-state index in [0.29, 0.717) is 18.7 Å². The standard InChI is InChI=1S/C14H21NO3/c1-11-5-4-6-12(7-11)14(17)9-15(2)8-13(16)10-18-3/h4-7,13,16H,8-10H2,1-3H3. The highest BCUT2D eigenvalue weighted by Gasteiger charge is 2.12. The number of benzene rings is 1. The molecule has 100 valence electrons. The average Bonchev–Trinajstić information content (AvgIpc) is 2.28. The molecule has 0 radical (unpaired) electrons. The zero-order chi connectivity index (χ0) is 13.5. The zero-order valence-electron chi connectivity index (χ0n) is 11.2. The van der Waals surface area contributed by atoms with Gasteiger partial charge in [-0.3, -0.25) is 9.69 Å². The summed E-state index contributed by atoms with van der Waals surface area (Å²) in [7, 11) is 3.35. The molecule has 0 aliphatic heterocycles. The maximum absolute atomic E-state index is 12.0. The molecule has 0 aromatic heterocycles. The molecule has 0 aliphatic carbocycles. The number of aryl methyl sites for hydroxylation is 1. The number of aliphatic hydroxyl groups is 1. The Balaban J connectivity index is 2.49. The molecule has 4 nitrogen and oxygen atoms in total. The Hall–Kier alpha value is -1.23. The molecule has 4 heteroatoms. The number of Topliss-reactive ketones (excluding diaryl/α,β-unsaturated/α-hetero) is 1. The van der Waals surface area contributed by atoms with E-state index in [-0.39, 0.29) is 12.4 Å². The van der Waals surface area contributed by atoms with Gasteiger partial charge in [0.25, 0.3) is 0 Å². The van der Waals surface area contributed by atoms with Crippen LogP contribution in [0.3, 0.4) is 0 Å². The summed E-state index contributed by atoms with van der Waals surface area (Å²) in [6, 6.07) is 7.53. The van der Waals surface area contributed by atoms with Crippen LogP contribution in [-0.4, -0.2) is 55.7 Å². The van der Waals surface area contributed by atoms with Crippen molar-refractivity contribution >= 4 is 5.78 Å². The van der Waals surface area contributed by atoms with Crippen molar-refractivity contribution < 1.29 is 14.6 Å². The molecule has 1 aromatic carbocycles. The fourth-order valence-electron chi connectivity index (χ4n) is 1.82. The lowest BCUT2D eigenvalue weighted by atomic mass is 10.1. The summed E-state index contributed by atoms with van der Waals surface area (Å²) < 4.78 is 4.85. The summed E-state index contributed by atoms with van der Waals surface area (Å²) in [4.78, 5) is 13.8. The van der Waals surface area contributed by atoms with E-state index in [2.05, 4.69) is 0 Å². The molecule has 1 unspecified atom stereocenters. The molecule has 0 bridgehead atoms. The van der Waals surface area contributed by atoms with Gasteiger partial charge in [-0.25, -0.2) is 0 Å². The van der Waals surface area contributed by atoms with Gasteiger partial charge in [0.15, 0.2) is 5.78 Å². The molecule has 18 heavy (non-hydrogen) atoms. The number of ether oxygens (including phenoxy) is 1. The van der Waals surface area contributed by atoms with E-state index in [1.54, 1.807) is 12.0 Å². The largest absolute Gasteiger partial charge is 0.389 e. The highest BCUT2D eigenvalue weighted by Crippen LogP contribution is 2.05. The van der Waals surface area contributed by atoms with Crippen LogP contribution >= 0.6 is 0 Å². The number of hydrogen-bond donors (Lipinski definition) is 1. The van der Waals surface area contributed by atoms with Gasteiger partial charge >= 0.3 is 0 Å². The monoisotopic (exact) mass is 251 g/mol. The minimum atomic E-state index is -0.565. The second kappa shape index (κ2) is 7.26. The quantitative estimate of drug-likeness (QED) is 0.738. The van der Waals surface area contributed by atoms with Gasteiger partial charge in [-0.1, -0.05) is 23.8 Å². The third-order valence-corrected chi connectivity index (χ3v) is 2.64. The third-order valence-electron chi connectivity index (χ3n) is 2.64. The maximum Gasteiger partial charge on any atom is 0.176 e. The van der Waals surface area contributed by atoms with Crippen molar-refractivity contribution in [1.29, 1.82) is 0 Å². The van der Waals surface area contributed by atoms with Crippen LogP contribution in [0, 0.1) is 6.92 Å². The number of nitrogens with zero attached hydrogens (tertiary/aromatic N) is 1. The summed E-state index contributed by atoms with van der Waals surface area (Å²) in [5.74, 6) is 0.0609. The molecule has 0 saturated carbocycles. The molecule has 1 aromatic rings. The Labute approximate surface area is 108 Å². The zero-order valence-corrected chi connectivity index (χ0v) is 11.2. The molecule has 1 rings (SSSR count). The number of rotatable bonds is 7. The first-order valence-electron chi connectivity index (χ1n) is 5.98. The predicted molar refractivity (Wildman–Crippen MR) is 70.9 cm³/mol. The normalized spacial score (nSPS) is 12.7. The van der Waals surface area contributed by atoms with Gasteiger partial charge in [-0.15, -0.1) is 0 Å². The third kappa shape index (κ3) is 4.96. The number of aliphatic hydroxyl groups excluding tert-OH is 1. The van der Waals surface area contributed by atoms with Gasteiger partial charge in [-0.2, -0.15) is 0 Å². The number of ketones is 1. The molecule has 0 aliphatic rings. The average molecular weight is 251 g/mol. The molecule has 0 saturated heterocycles. The van der Waals surface area contributed by atoms with Crippen molar-refractivity contribution in [2.75, 3.05) is 33.9 Å². The fourth-order valence-corrected chi connectivity index (χ4v) is 1.82. The first kappa shape index (κ1) is 14.8. The van der Waals surface area contributed by atoms with Gasteiger partial charge in [0.2, 0.25) is 0 Å². The van der Waals surface area contributed by atoms with Crippen molar-refractivity contribution in [2.24, 2.45) is 0 Å². The predicted octanol–water partition coefficient (Wildman–Crippen LogP) is 1.12. The Kier molecular flexibility index (Phi) is 5.98. The molecular weight excluding hydrogens is 230 g/mol. The van der Waals surface area contributed by atoms with Crippen LogP contribution in [0.2, 0.25) is 0 Å². The van der Waals surface area contributed by atoms with Crippen LogP contribution in [0.25, 0.3) is 0 Å². The van der Waals surface area contributed by atoms with Gasteiger partial charge in [-0.05, 0) is 20.0 Å². The lowest BCUT2D eigenvalue weighted by Crippen LogP contribution is -2.35. The maximum atomic E-state index is 12.0.